The minimum atomic E-state index is -0.0234. The van der Waals surface area contributed by atoms with Crippen LogP contribution in [-0.2, 0) is 5.41 Å². The van der Waals surface area contributed by atoms with Gasteiger partial charge in [-0.3, -0.25) is 0 Å². The lowest BCUT2D eigenvalue weighted by atomic mass is 9.82. The Labute approximate surface area is 259 Å². The average molecular weight is 585 g/mol. The second-order valence-electron chi connectivity index (χ2n) is 12.0. The Morgan fingerprint density at radius 2 is 1.32 bits per heavy atom. The molecular formula is C40H28N2OS. The highest BCUT2D eigenvalue weighted by molar-refractivity contribution is 7.26. The van der Waals surface area contributed by atoms with Gasteiger partial charge in [-0.2, -0.15) is 0 Å². The molecule has 44 heavy (non-hydrogen) atoms. The molecule has 0 radical (unpaired) electrons. The molecule has 3 nitrogen and oxygen atoms in total. The fraction of sp³-hybridized carbons (Fsp3) is 0.0750. The lowest BCUT2D eigenvalue weighted by molar-refractivity contribution is 0.620. The van der Waals surface area contributed by atoms with Crippen molar-refractivity contribution < 1.29 is 4.42 Å². The second kappa shape index (κ2) is 9.40. The van der Waals surface area contributed by atoms with Crippen molar-refractivity contribution in [1.29, 1.82) is 0 Å². The maximum atomic E-state index is 6.22. The van der Waals surface area contributed by atoms with E-state index in [0.717, 1.165) is 33.7 Å². The van der Waals surface area contributed by atoms with Gasteiger partial charge in [0.05, 0.1) is 0 Å². The van der Waals surface area contributed by atoms with Crippen molar-refractivity contribution in [2.24, 2.45) is 0 Å². The van der Waals surface area contributed by atoms with Crippen LogP contribution >= 0.6 is 11.3 Å². The summed E-state index contributed by atoms with van der Waals surface area (Å²) >= 11 is 1.81. The Bertz CT molecular complexity index is 2350. The molecule has 9 rings (SSSR count). The summed E-state index contributed by atoms with van der Waals surface area (Å²) in [6.45, 7) is 4.66. The largest absolute Gasteiger partial charge is 0.436 e. The van der Waals surface area contributed by atoms with Crippen LogP contribution in [-0.4, -0.2) is 4.98 Å². The molecule has 0 N–H and O–H groups in total. The summed E-state index contributed by atoms with van der Waals surface area (Å²) in [5, 5.41) is 2.40. The van der Waals surface area contributed by atoms with Crippen molar-refractivity contribution in [3.63, 3.8) is 0 Å². The van der Waals surface area contributed by atoms with Crippen LogP contribution in [0.5, 0.6) is 0 Å². The number of benzene rings is 6. The third-order valence-electron chi connectivity index (χ3n) is 9.10. The van der Waals surface area contributed by atoms with Gasteiger partial charge in [0.2, 0.25) is 5.89 Å². The predicted octanol–water partition coefficient (Wildman–Crippen LogP) is 11.6. The molecule has 0 amide bonds. The Balaban J connectivity index is 1.22. The van der Waals surface area contributed by atoms with Crippen molar-refractivity contribution in [1.82, 2.24) is 4.98 Å². The lowest BCUT2D eigenvalue weighted by Crippen LogP contribution is -2.15. The van der Waals surface area contributed by atoms with E-state index in [4.69, 9.17) is 9.40 Å². The van der Waals surface area contributed by atoms with Crippen LogP contribution < -0.4 is 4.90 Å². The normalized spacial score (nSPS) is 13.4. The summed E-state index contributed by atoms with van der Waals surface area (Å²) in [6.07, 6.45) is 0. The van der Waals surface area contributed by atoms with E-state index in [9.17, 15) is 0 Å². The predicted molar refractivity (Wildman–Crippen MR) is 185 cm³/mol. The number of aromatic nitrogens is 1. The quantitative estimate of drug-likeness (QED) is 0.206. The molecule has 2 aromatic heterocycles. The van der Waals surface area contributed by atoms with Crippen LogP contribution in [0.1, 0.15) is 25.0 Å². The van der Waals surface area contributed by atoms with Crippen LogP contribution in [0.3, 0.4) is 0 Å². The van der Waals surface area contributed by atoms with Gasteiger partial charge < -0.3 is 9.32 Å². The summed E-state index contributed by atoms with van der Waals surface area (Å²) in [7, 11) is 0. The molecule has 0 saturated heterocycles. The van der Waals surface area contributed by atoms with E-state index in [0.29, 0.717) is 5.89 Å². The van der Waals surface area contributed by atoms with Gasteiger partial charge in [0, 0.05) is 48.2 Å². The summed E-state index contributed by atoms with van der Waals surface area (Å²) in [5.41, 5.74) is 11.5. The maximum Gasteiger partial charge on any atom is 0.227 e. The van der Waals surface area contributed by atoms with Gasteiger partial charge in [-0.05, 0) is 82.9 Å². The number of hydrogen-bond donors (Lipinski definition) is 0. The molecule has 1 aliphatic rings. The maximum absolute atomic E-state index is 6.22. The van der Waals surface area contributed by atoms with E-state index in [-0.39, 0.29) is 5.41 Å². The molecule has 0 aliphatic heterocycles. The first-order valence-corrected chi connectivity index (χ1v) is 15.8. The zero-order valence-corrected chi connectivity index (χ0v) is 25.2. The van der Waals surface area contributed by atoms with Gasteiger partial charge in [-0.1, -0.05) is 86.6 Å². The first-order chi connectivity index (χ1) is 21.6. The van der Waals surface area contributed by atoms with Crippen LogP contribution in [0.25, 0.3) is 53.9 Å². The number of rotatable bonds is 4. The Hall–Kier alpha value is -5.19. The Kier molecular flexibility index (Phi) is 5.41. The fourth-order valence-corrected chi connectivity index (χ4v) is 8.16. The summed E-state index contributed by atoms with van der Waals surface area (Å²) in [6, 6.07) is 47.7. The molecule has 6 aromatic carbocycles. The standard InChI is InChI=1S/C40H28N2OS/c1-40(2)32-15-7-6-13-28(32)31-23-26(20-22-33(31)40)42(25-11-4-3-5-12-25)27-19-21-29-37(24-27)44-36-18-10-14-30(38(29)36)39-41-34-16-8-9-17-35(34)43-39/h3-24H,1-2H3. The number of oxazole rings is 1. The van der Waals surface area contributed by atoms with Crippen LogP contribution in [0.4, 0.5) is 17.1 Å². The highest BCUT2D eigenvalue weighted by Crippen LogP contribution is 2.51. The molecule has 0 bridgehead atoms. The summed E-state index contributed by atoms with van der Waals surface area (Å²) in [4.78, 5) is 7.20. The van der Waals surface area contributed by atoms with Gasteiger partial charge in [-0.15, -0.1) is 11.3 Å². The van der Waals surface area contributed by atoms with Gasteiger partial charge in [0.25, 0.3) is 0 Å². The summed E-state index contributed by atoms with van der Waals surface area (Å²) < 4.78 is 8.67. The molecule has 2 heterocycles. The van der Waals surface area contributed by atoms with Gasteiger partial charge in [0.15, 0.2) is 5.58 Å². The molecule has 0 atom stereocenters. The third kappa shape index (κ3) is 3.71. The van der Waals surface area contributed by atoms with E-state index >= 15 is 0 Å². The SMILES string of the molecule is CC1(C)c2ccccc2-c2cc(N(c3ccccc3)c3ccc4c(c3)sc3cccc(-c5nc6ccccc6o5)c34)ccc21. The number of para-hydroxylation sites is 3. The molecule has 4 heteroatoms. The van der Waals surface area contributed by atoms with Crippen molar-refractivity contribution in [2.45, 2.75) is 19.3 Å². The number of thiophene rings is 1. The van der Waals surface area contributed by atoms with Crippen molar-refractivity contribution in [3.8, 4) is 22.6 Å². The van der Waals surface area contributed by atoms with E-state index in [1.165, 1.54) is 42.4 Å². The minimum absolute atomic E-state index is 0.0234. The zero-order valence-electron chi connectivity index (χ0n) is 24.4. The molecule has 0 spiro atoms. The Morgan fingerprint density at radius 3 is 2.20 bits per heavy atom. The van der Waals surface area contributed by atoms with Crippen LogP contribution in [0.2, 0.25) is 0 Å². The molecule has 1 aliphatic carbocycles. The van der Waals surface area contributed by atoms with Crippen LogP contribution in [0, 0.1) is 0 Å². The average Bonchev–Trinajstić information content (AvgIpc) is 3.72. The van der Waals surface area contributed by atoms with Gasteiger partial charge in [-0.25, -0.2) is 4.98 Å². The first-order valence-electron chi connectivity index (χ1n) is 15.0. The van der Waals surface area contributed by atoms with Crippen LogP contribution in [0.15, 0.2) is 138 Å². The molecule has 0 saturated carbocycles. The molecule has 0 fully saturated rings. The van der Waals surface area contributed by atoms with E-state index in [2.05, 4.69) is 128 Å². The first kappa shape index (κ1) is 25.3. The van der Waals surface area contributed by atoms with Gasteiger partial charge in [0.1, 0.15) is 5.52 Å². The topological polar surface area (TPSA) is 29.3 Å². The fourth-order valence-electron chi connectivity index (χ4n) is 6.99. The molecule has 210 valence electrons. The second-order valence-corrected chi connectivity index (χ2v) is 13.1. The minimum Gasteiger partial charge on any atom is -0.436 e. The lowest BCUT2D eigenvalue weighted by Gasteiger charge is -2.27. The highest BCUT2D eigenvalue weighted by Gasteiger charge is 2.35. The Morgan fingerprint density at radius 1 is 0.591 bits per heavy atom. The van der Waals surface area contributed by atoms with Crippen molar-refractivity contribution >= 4 is 59.7 Å². The highest BCUT2D eigenvalue weighted by atomic mass is 32.1. The van der Waals surface area contributed by atoms with E-state index in [1.807, 2.05) is 35.6 Å². The number of anilines is 3. The van der Waals surface area contributed by atoms with E-state index < -0.39 is 0 Å². The number of hydrogen-bond acceptors (Lipinski definition) is 4. The third-order valence-corrected chi connectivity index (χ3v) is 10.2. The number of fused-ring (bicyclic) bond motifs is 7. The monoisotopic (exact) mass is 584 g/mol. The molecule has 0 unspecified atom stereocenters. The molecule has 8 aromatic rings. The van der Waals surface area contributed by atoms with E-state index in [1.54, 1.807) is 0 Å². The van der Waals surface area contributed by atoms with Gasteiger partial charge >= 0.3 is 0 Å². The molecular weight excluding hydrogens is 557 g/mol. The smallest absolute Gasteiger partial charge is 0.227 e. The summed E-state index contributed by atoms with van der Waals surface area (Å²) in [5.74, 6) is 0.660. The van der Waals surface area contributed by atoms with Crippen molar-refractivity contribution in [3.05, 3.63) is 145 Å². The van der Waals surface area contributed by atoms with Crippen molar-refractivity contribution in [2.75, 3.05) is 4.90 Å². The zero-order chi connectivity index (χ0) is 29.4. The number of nitrogens with zero attached hydrogens (tertiary/aromatic N) is 2.